The summed E-state index contributed by atoms with van der Waals surface area (Å²) in [7, 11) is 1.41. The number of aliphatic hydroxyl groups is 2. The molecule has 1 aromatic carbocycles. The van der Waals surface area contributed by atoms with Crippen LogP contribution in [0.1, 0.15) is 25.3 Å². The van der Waals surface area contributed by atoms with Crippen LogP contribution in [0.15, 0.2) is 24.3 Å². The Morgan fingerprint density at radius 3 is 2.92 bits per heavy atom. The second kappa shape index (κ2) is 5.21. The fourth-order valence-corrected chi connectivity index (χ4v) is 6.55. The first-order valence-electron chi connectivity index (χ1n) is 9.52. The van der Waals surface area contributed by atoms with Crippen molar-refractivity contribution in [3.63, 3.8) is 0 Å². The van der Waals surface area contributed by atoms with Gasteiger partial charge >= 0.3 is 5.97 Å². The van der Waals surface area contributed by atoms with Crippen molar-refractivity contribution in [1.29, 1.82) is 0 Å². The molecule has 0 radical (unpaired) electrons. The molecule has 4 aliphatic rings. The molecule has 1 spiro atoms. The number of fused-ring (bicyclic) bond motifs is 2. The number of esters is 1. The third-order valence-electron chi connectivity index (χ3n) is 7.71. The van der Waals surface area contributed by atoms with Gasteiger partial charge in [-0.05, 0) is 37.9 Å². The predicted octanol–water partition coefficient (Wildman–Crippen LogP) is 0.727. The van der Waals surface area contributed by atoms with Gasteiger partial charge in [-0.15, -0.1) is 0 Å². The second-order valence-corrected chi connectivity index (χ2v) is 8.50. The van der Waals surface area contributed by atoms with Gasteiger partial charge in [0.25, 0.3) is 0 Å². The molecule has 3 N–H and O–H groups in total. The SMILES string of the molecule is COC(=O)C1[C@H]2Nc3ccccc3[C@@]23CCN2C[C@@](O)(C(C)O)[C@@H]1C[C@H]23. The summed E-state index contributed by atoms with van der Waals surface area (Å²) in [5.41, 5.74) is 0.933. The third kappa shape index (κ3) is 1.75. The molecule has 0 amide bonds. The molecular formula is C20H26N2O4. The number of rotatable bonds is 2. The summed E-state index contributed by atoms with van der Waals surface area (Å²) in [6, 6.07) is 8.48. The molecule has 0 aromatic heterocycles. The lowest BCUT2D eigenvalue weighted by molar-refractivity contribution is -0.195. The first kappa shape index (κ1) is 16.5. The molecule has 2 saturated heterocycles. The van der Waals surface area contributed by atoms with E-state index in [9.17, 15) is 15.0 Å². The first-order chi connectivity index (χ1) is 12.4. The van der Waals surface area contributed by atoms with Crippen molar-refractivity contribution in [2.24, 2.45) is 11.8 Å². The van der Waals surface area contributed by atoms with E-state index in [0.717, 1.165) is 18.7 Å². The number of para-hydroxylation sites is 1. The molecule has 3 fully saturated rings. The molecule has 6 heteroatoms. The van der Waals surface area contributed by atoms with Crippen LogP contribution in [0.2, 0.25) is 0 Å². The third-order valence-corrected chi connectivity index (χ3v) is 7.71. The molecule has 1 saturated carbocycles. The maximum Gasteiger partial charge on any atom is 0.311 e. The Labute approximate surface area is 153 Å². The highest BCUT2D eigenvalue weighted by molar-refractivity contribution is 5.78. The van der Waals surface area contributed by atoms with Crippen LogP contribution in [0.5, 0.6) is 0 Å². The Hall–Kier alpha value is -1.63. The summed E-state index contributed by atoms with van der Waals surface area (Å²) in [6.45, 7) is 2.90. The molecule has 2 bridgehead atoms. The standard InChI is InChI=1S/C20H26N2O4/c1-11(23)20(25)10-22-8-7-19-12-5-3-4-6-14(12)21-17(19)16(18(24)26-2)13(20)9-15(19)22/h3-6,11,13,15-17,21,23,25H,7-10H2,1-2H3/t11?,13-,15+,16?,17-,19-,20-/m1/s1. The van der Waals surface area contributed by atoms with Gasteiger partial charge in [-0.25, -0.2) is 0 Å². The number of anilines is 1. The Balaban J connectivity index is 1.70. The summed E-state index contributed by atoms with van der Waals surface area (Å²) in [5.74, 6) is -1.10. The number of ether oxygens (including phenoxy) is 1. The number of piperidine rings is 1. The van der Waals surface area contributed by atoms with E-state index in [1.807, 2.05) is 6.07 Å². The van der Waals surface area contributed by atoms with Crippen LogP contribution in [0, 0.1) is 11.8 Å². The highest BCUT2D eigenvalue weighted by Gasteiger charge is 2.70. The van der Waals surface area contributed by atoms with E-state index in [2.05, 4.69) is 28.4 Å². The van der Waals surface area contributed by atoms with Crippen LogP contribution in [-0.2, 0) is 14.9 Å². The van der Waals surface area contributed by atoms with Gasteiger partial charge in [0.2, 0.25) is 0 Å². The number of hydrogen-bond acceptors (Lipinski definition) is 6. The normalized spacial score (nSPS) is 44.0. The van der Waals surface area contributed by atoms with E-state index >= 15 is 0 Å². The minimum atomic E-state index is -1.30. The van der Waals surface area contributed by atoms with Gasteiger partial charge in [-0.2, -0.15) is 0 Å². The molecule has 1 aliphatic carbocycles. The average molecular weight is 358 g/mol. The second-order valence-electron chi connectivity index (χ2n) is 8.50. The van der Waals surface area contributed by atoms with E-state index in [4.69, 9.17) is 4.74 Å². The number of carbonyl (C=O) groups is 1. The molecular weight excluding hydrogens is 332 g/mol. The molecule has 2 unspecified atom stereocenters. The number of carbonyl (C=O) groups excluding carboxylic acids is 1. The lowest BCUT2D eigenvalue weighted by atomic mass is 9.53. The van der Waals surface area contributed by atoms with Crippen LogP contribution in [0.25, 0.3) is 0 Å². The van der Waals surface area contributed by atoms with Crippen LogP contribution in [0.3, 0.4) is 0 Å². The van der Waals surface area contributed by atoms with Crippen molar-refractivity contribution in [3.05, 3.63) is 29.8 Å². The molecule has 7 atom stereocenters. The topological polar surface area (TPSA) is 82.0 Å². The summed E-state index contributed by atoms with van der Waals surface area (Å²) >= 11 is 0. The molecule has 3 aliphatic heterocycles. The lowest BCUT2D eigenvalue weighted by Crippen LogP contribution is -2.72. The summed E-state index contributed by atoms with van der Waals surface area (Å²) in [5, 5.41) is 25.4. The number of nitrogens with zero attached hydrogens (tertiary/aromatic N) is 1. The monoisotopic (exact) mass is 358 g/mol. The zero-order valence-corrected chi connectivity index (χ0v) is 15.2. The van der Waals surface area contributed by atoms with E-state index in [1.54, 1.807) is 6.92 Å². The maximum absolute atomic E-state index is 12.9. The van der Waals surface area contributed by atoms with Crippen molar-refractivity contribution >= 4 is 11.7 Å². The van der Waals surface area contributed by atoms with Gasteiger partial charge < -0.3 is 20.3 Å². The zero-order valence-electron chi connectivity index (χ0n) is 15.2. The number of aliphatic hydroxyl groups excluding tert-OH is 1. The highest BCUT2D eigenvalue weighted by Crippen LogP contribution is 2.62. The summed E-state index contributed by atoms with van der Waals surface area (Å²) in [4.78, 5) is 15.2. The van der Waals surface area contributed by atoms with Gasteiger partial charge in [0, 0.05) is 29.6 Å². The van der Waals surface area contributed by atoms with Crippen LogP contribution < -0.4 is 5.32 Å². The number of methoxy groups -OCH3 is 1. The van der Waals surface area contributed by atoms with E-state index in [1.165, 1.54) is 12.7 Å². The van der Waals surface area contributed by atoms with Crippen LogP contribution in [0.4, 0.5) is 5.69 Å². The zero-order chi connectivity index (χ0) is 18.3. The Kier molecular flexibility index (Phi) is 3.31. The number of nitrogens with one attached hydrogen (secondary N) is 1. The van der Waals surface area contributed by atoms with Crippen LogP contribution >= 0.6 is 0 Å². The molecule has 26 heavy (non-hydrogen) atoms. The van der Waals surface area contributed by atoms with Crippen molar-refractivity contribution < 1.29 is 19.7 Å². The number of benzene rings is 1. The molecule has 5 rings (SSSR count). The van der Waals surface area contributed by atoms with Gasteiger partial charge in [-0.3, -0.25) is 9.69 Å². The summed E-state index contributed by atoms with van der Waals surface area (Å²) in [6.07, 6.45) is 0.744. The van der Waals surface area contributed by atoms with Gasteiger partial charge in [0.1, 0.15) is 5.60 Å². The van der Waals surface area contributed by atoms with E-state index in [-0.39, 0.29) is 29.4 Å². The fourth-order valence-electron chi connectivity index (χ4n) is 6.55. The smallest absolute Gasteiger partial charge is 0.311 e. The quantitative estimate of drug-likeness (QED) is 0.676. The fraction of sp³-hybridized carbons (Fsp3) is 0.650. The van der Waals surface area contributed by atoms with Crippen LogP contribution in [-0.4, -0.2) is 65.1 Å². The molecule has 1 aromatic rings. The number of hydrogen-bond donors (Lipinski definition) is 3. The van der Waals surface area contributed by atoms with Crippen molar-refractivity contribution in [2.75, 3.05) is 25.5 Å². The largest absolute Gasteiger partial charge is 0.469 e. The van der Waals surface area contributed by atoms with E-state index in [0.29, 0.717) is 13.0 Å². The molecule has 140 valence electrons. The summed E-state index contributed by atoms with van der Waals surface area (Å²) < 4.78 is 5.18. The van der Waals surface area contributed by atoms with Crippen molar-refractivity contribution in [2.45, 2.75) is 49.0 Å². The van der Waals surface area contributed by atoms with Crippen molar-refractivity contribution in [3.8, 4) is 0 Å². The minimum Gasteiger partial charge on any atom is -0.469 e. The Morgan fingerprint density at radius 1 is 1.42 bits per heavy atom. The van der Waals surface area contributed by atoms with Crippen molar-refractivity contribution in [1.82, 2.24) is 4.90 Å². The first-order valence-corrected chi connectivity index (χ1v) is 9.52. The van der Waals surface area contributed by atoms with Gasteiger partial charge in [0.15, 0.2) is 0 Å². The van der Waals surface area contributed by atoms with Gasteiger partial charge in [0.05, 0.1) is 25.2 Å². The Morgan fingerprint density at radius 2 is 2.19 bits per heavy atom. The molecule has 3 heterocycles. The molecule has 6 nitrogen and oxygen atoms in total. The van der Waals surface area contributed by atoms with Gasteiger partial charge in [-0.1, -0.05) is 18.2 Å². The van der Waals surface area contributed by atoms with E-state index < -0.39 is 17.6 Å². The minimum absolute atomic E-state index is 0.119. The predicted molar refractivity (Wildman–Crippen MR) is 95.8 cm³/mol. The highest BCUT2D eigenvalue weighted by atomic mass is 16.5. The maximum atomic E-state index is 12.9. The Bertz CT molecular complexity index is 768. The average Bonchev–Trinajstić information content (AvgIpc) is 3.18. The lowest BCUT2D eigenvalue weighted by Gasteiger charge is -2.59.